The summed E-state index contributed by atoms with van der Waals surface area (Å²) in [6.07, 6.45) is 4.83. The molecule has 6 nitrogen and oxygen atoms in total. The third kappa shape index (κ3) is 3.45. The monoisotopic (exact) mass is 289 g/mol. The molecule has 0 aliphatic rings. The molecule has 0 aliphatic heterocycles. The number of hydrogen-bond donors (Lipinski definition) is 0. The molecule has 1 unspecified atom stereocenters. The number of rotatable bonds is 6. The van der Waals surface area contributed by atoms with Gasteiger partial charge < -0.3 is 9.26 Å². The molecule has 1 atom stereocenters. The van der Waals surface area contributed by atoms with Gasteiger partial charge in [0.1, 0.15) is 5.92 Å². The zero-order chi connectivity index (χ0) is 15.2. The molecule has 6 heteroatoms. The molecule has 2 heterocycles. The lowest BCUT2D eigenvalue weighted by atomic mass is 10.0. The summed E-state index contributed by atoms with van der Waals surface area (Å²) < 4.78 is 10.3. The predicted octanol–water partition coefficient (Wildman–Crippen LogP) is 2.89. The van der Waals surface area contributed by atoms with E-state index in [0.29, 0.717) is 24.7 Å². The van der Waals surface area contributed by atoms with Crippen molar-refractivity contribution in [3.05, 3.63) is 29.9 Å². The molecule has 0 fully saturated rings. The molecule has 0 bridgehead atoms. The molecule has 0 radical (unpaired) electrons. The van der Waals surface area contributed by atoms with E-state index >= 15 is 0 Å². The molecule has 2 aromatic heterocycles. The molecule has 112 valence electrons. The van der Waals surface area contributed by atoms with Crippen molar-refractivity contribution in [2.24, 2.45) is 0 Å². The molecule has 0 aromatic carbocycles. The minimum absolute atomic E-state index is 0.300. The Hall–Kier alpha value is -2.24. The summed E-state index contributed by atoms with van der Waals surface area (Å²) in [6, 6.07) is 1.88. The lowest BCUT2D eigenvalue weighted by Gasteiger charge is -2.09. The zero-order valence-electron chi connectivity index (χ0n) is 12.5. The average Bonchev–Trinajstić information content (AvgIpc) is 2.94. The number of aryl methyl sites for hydroxylation is 1. The molecule has 2 aromatic rings. The van der Waals surface area contributed by atoms with Crippen LogP contribution in [0.25, 0.3) is 11.4 Å². The summed E-state index contributed by atoms with van der Waals surface area (Å²) in [5.74, 6) is -0.0832. The van der Waals surface area contributed by atoms with Crippen LogP contribution in [0, 0.1) is 6.92 Å². The molecule has 2 rings (SSSR count). The Kier molecular flexibility index (Phi) is 5.03. The quantitative estimate of drug-likeness (QED) is 0.761. The van der Waals surface area contributed by atoms with Gasteiger partial charge in [0.25, 0.3) is 0 Å². The summed E-state index contributed by atoms with van der Waals surface area (Å²) in [7, 11) is 0. The number of hydrogen-bond acceptors (Lipinski definition) is 6. The third-order valence-corrected chi connectivity index (χ3v) is 3.17. The smallest absolute Gasteiger partial charge is 0.318 e. The highest BCUT2D eigenvalue weighted by molar-refractivity contribution is 5.77. The van der Waals surface area contributed by atoms with Crippen molar-refractivity contribution < 1.29 is 14.1 Å². The van der Waals surface area contributed by atoms with Gasteiger partial charge in [-0.3, -0.25) is 9.78 Å². The number of carbonyl (C=O) groups is 1. The highest BCUT2D eigenvalue weighted by atomic mass is 16.5. The first kappa shape index (κ1) is 15.2. The third-order valence-electron chi connectivity index (χ3n) is 3.17. The van der Waals surface area contributed by atoms with E-state index in [1.807, 2.05) is 19.9 Å². The summed E-state index contributed by atoms with van der Waals surface area (Å²) in [4.78, 5) is 20.4. The standard InChI is InChI=1S/C15H19N3O3/c1-4-6-11(15(19)20-5-2)14-17-13(18-21-14)12-9-16-8-7-10(12)3/h7-9,11H,4-6H2,1-3H3. The van der Waals surface area contributed by atoms with Crippen LogP contribution in [0.2, 0.25) is 0 Å². The second-order valence-corrected chi connectivity index (χ2v) is 4.74. The number of ether oxygens (including phenoxy) is 1. The van der Waals surface area contributed by atoms with Crippen molar-refractivity contribution in [3.8, 4) is 11.4 Å². The van der Waals surface area contributed by atoms with Gasteiger partial charge in [0, 0.05) is 18.0 Å². The van der Waals surface area contributed by atoms with Gasteiger partial charge in [0.15, 0.2) is 0 Å². The Balaban J connectivity index is 2.28. The number of carbonyl (C=O) groups excluding carboxylic acids is 1. The lowest BCUT2D eigenvalue weighted by molar-refractivity contribution is -0.145. The summed E-state index contributed by atoms with van der Waals surface area (Å²) in [6.45, 7) is 6.05. The molecule has 0 saturated heterocycles. The first-order chi connectivity index (χ1) is 10.2. The van der Waals surface area contributed by atoms with Crippen LogP contribution in [0.15, 0.2) is 23.0 Å². The fourth-order valence-electron chi connectivity index (χ4n) is 2.06. The van der Waals surface area contributed by atoms with Crippen LogP contribution >= 0.6 is 0 Å². The van der Waals surface area contributed by atoms with Gasteiger partial charge >= 0.3 is 5.97 Å². The Labute approximate surface area is 123 Å². The average molecular weight is 289 g/mol. The second kappa shape index (κ2) is 6.97. The molecular weight excluding hydrogens is 270 g/mol. The maximum absolute atomic E-state index is 12.0. The fourth-order valence-corrected chi connectivity index (χ4v) is 2.06. The van der Waals surface area contributed by atoms with E-state index < -0.39 is 5.92 Å². The van der Waals surface area contributed by atoms with Gasteiger partial charge in [-0.15, -0.1) is 0 Å². The van der Waals surface area contributed by atoms with Gasteiger partial charge in [-0.05, 0) is 31.9 Å². The number of esters is 1. The largest absolute Gasteiger partial charge is 0.465 e. The fraction of sp³-hybridized carbons (Fsp3) is 0.467. The highest BCUT2D eigenvalue weighted by Crippen LogP contribution is 2.25. The van der Waals surface area contributed by atoms with Gasteiger partial charge in [-0.1, -0.05) is 18.5 Å². The zero-order valence-corrected chi connectivity index (χ0v) is 12.5. The topological polar surface area (TPSA) is 78.1 Å². The normalized spacial score (nSPS) is 12.1. The Morgan fingerprint density at radius 3 is 2.90 bits per heavy atom. The summed E-state index contributed by atoms with van der Waals surface area (Å²) in [5.41, 5.74) is 1.80. The van der Waals surface area contributed by atoms with Crippen molar-refractivity contribution in [1.82, 2.24) is 15.1 Å². The van der Waals surface area contributed by atoms with E-state index in [9.17, 15) is 4.79 Å². The van der Waals surface area contributed by atoms with E-state index in [-0.39, 0.29) is 5.97 Å². The van der Waals surface area contributed by atoms with E-state index in [2.05, 4.69) is 15.1 Å². The van der Waals surface area contributed by atoms with E-state index in [1.165, 1.54) is 0 Å². The second-order valence-electron chi connectivity index (χ2n) is 4.74. The lowest BCUT2D eigenvalue weighted by Crippen LogP contribution is -2.16. The van der Waals surface area contributed by atoms with Gasteiger partial charge in [-0.25, -0.2) is 0 Å². The summed E-state index contributed by atoms with van der Waals surface area (Å²) >= 11 is 0. The maximum Gasteiger partial charge on any atom is 0.318 e. The SMILES string of the molecule is CCCC(C(=O)OCC)c1nc(-c2cnccc2C)no1. The van der Waals surface area contributed by atoms with Crippen molar-refractivity contribution in [2.75, 3.05) is 6.61 Å². The van der Waals surface area contributed by atoms with E-state index in [4.69, 9.17) is 9.26 Å². The van der Waals surface area contributed by atoms with Crippen LogP contribution in [-0.2, 0) is 9.53 Å². The molecule has 0 aliphatic carbocycles. The molecular formula is C15H19N3O3. The van der Waals surface area contributed by atoms with Crippen LogP contribution in [0.3, 0.4) is 0 Å². The first-order valence-electron chi connectivity index (χ1n) is 7.08. The van der Waals surface area contributed by atoms with Gasteiger partial charge in [0.2, 0.25) is 11.7 Å². The van der Waals surface area contributed by atoms with Gasteiger partial charge in [-0.2, -0.15) is 4.98 Å². The van der Waals surface area contributed by atoms with E-state index in [0.717, 1.165) is 17.5 Å². The molecule has 0 amide bonds. The van der Waals surface area contributed by atoms with Crippen LogP contribution in [0.5, 0.6) is 0 Å². The Morgan fingerprint density at radius 2 is 2.24 bits per heavy atom. The minimum atomic E-state index is -0.506. The molecule has 0 N–H and O–H groups in total. The Bertz CT molecular complexity index is 610. The maximum atomic E-state index is 12.0. The number of aromatic nitrogens is 3. The number of nitrogens with zero attached hydrogens (tertiary/aromatic N) is 3. The first-order valence-corrected chi connectivity index (χ1v) is 7.08. The van der Waals surface area contributed by atoms with Gasteiger partial charge in [0.05, 0.1) is 6.61 Å². The molecule has 0 saturated carbocycles. The highest BCUT2D eigenvalue weighted by Gasteiger charge is 2.27. The van der Waals surface area contributed by atoms with Crippen molar-refractivity contribution in [1.29, 1.82) is 0 Å². The van der Waals surface area contributed by atoms with Crippen LogP contribution in [0.1, 0.15) is 44.1 Å². The Morgan fingerprint density at radius 1 is 1.43 bits per heavy atom. The molecule has 21 heavy (non-hydrogen) atoms. The number of pyridine rings is 1. The van der Waals surface area contributed by atoms with E-state index in [1.54, 1.807) is 19.3 Å². The van der Waals surface area contributed by atoms with Crippen LogP contribution < -0.4 is 0 Å². The van der Waals surface area contributed by atoms with Crippen molar-refractivity contribution >= 4 is 5.97 Å². The van der Waals surface area contributed by atoms with Crippen molar-refractivity contribution in [3.63, 3.8) is 0 Å². The predicted molar refractivity (Wildman–Crippen MR) is 76.5 cm³/mol. The summed E-state index contributed by atoms with van der Waals surface area (Å²) in [5, 5.41) is 3.96. The van der Waals surface area contributed by atoms with Crippen LogP contribution in [-0.4, -0.2) is 27.7 Å². The van der Waals surface area contributed by atoms with Crippen molar-refractivity contribution in [2.45, 2.75) is 39.5 Å². The van der Waals surface area contributed by atoms with Crippen LogP contribution in [0.4, 0.5) is 0 Å². The minimum Gasteiger partial charge on any atom is -0.465 e. The molecule has 0 spiro atoms.